The van der Waals surface area contributed by atoms with Crippen LogP contribution in [0.4, 0.5) is 5.69 Å². The van der Waals surface area contributed by atoms with Gasteiger partial charge in [-0.05, 0) is 44.7 Å². The van der Waals surface area contributed by atoms with Crippen molar-refractivity contribution in [2.24, 2.45) is 0 Å². The highest BCUT2D eigenvalue weighted by molar-refractivity contribution is 5.95. The van der Waals surface area contributed by atoms with Gasteiger partial charge in [0, 0.05) is 44.0 Å². The molecule has 0 spiro atoms. The van der Waals surface area contributed by atoms with Crippen molar-refractivity contribution in [1.82, 2.24) is 9.80 Å². The molecule has 2 rings (SSSR count). The van der Waals surface area contributed by atoms with Gasteiger partial charge < -0.3 is 15.1 Å². The first-order chi connectivity index (χ1) is 9.11. The molecule has 0 atom stereocenters. The lowest BCUT2D eigenvalue weighted by molar-refractivity contribution is 0.0664. The van der Waals surface area contributed by atoms with Crippen molar-refractivity contribution in [2.45, 2.75) is 13.8 Å². The summed E-state index contributed by atoms with van der Waals surface area (Å²) in [4.78, 5) is 16.6. The molecule has 4 heteroatoms. The summed E-state index contributed by atoms with van der Waals surface area (Å²) in [5, 5.41) is 3.30. The molecule has 0 unspecified atom stereocenters. The van der Waals surface area contributed by atoms with E-state index in [-0.39, 0.29) is 5.91 Å². The van der Waals surface area contributed by atoms with E-state index in [1.165, 1.54) is 0 Å². The number of amides is 1. The molecule has 19 heavy (non-hydrogen) atoms. The third kappa shape index (κ3) is 3.26. The zero-order valence-corrected chi connectivity index (χ0v) is 12.1. The maximum atomic E-state index is 12.4. The Morgan fingerprint density at radius 1 is 1.26 bits per heavy atom. The molecule has 104 valence electrons. The number of anilines is 1. The van der Waals surface area contributed by atoms with Crippen molar-refractivity contribution in [1.29, 1.82) is 0 Å². The molecule has 1 heterocycles. The quantitative estimate of drug-likeness (QED) is 0.901. The van der Waals surface area contributed by atoms with Gasteiger partial charge in [0.25, 0.3) is 5.91 Å². The molecular weight excluding hydrogens is 238 g/mol. The molecule has 0 aliphatic carbocycles. The predicted octanol–water partition coefficient (Wildman–Crippen LogP) is 1.81. The molecular formula is C15H23N3O. The van der Waals surface area contributed by atoms with Crippen LogP contribution in [0.5, 0.6) is 0 Å². The number of nitrogens with one attached hydrogen (secondary N) is 1. The van der Waals surface area contributed by atoms with E-state index in [9.17, 15) is 4.79 Å². The fraction of sp³-hybridized carbons (Fsp3) is 0.533. The Labute approximate surface area is 115 Å². The first-order valence-corrected chi connectivity index (χ1v) is 6.94. The molecule has 0 saturated carbocycles. The van der Waals surface area contributed by atoms with E-state index in [0.717, 1.165) is 49.5 Å². The van der Waals surface area contributed by atoms with E-state index in [4.69, 9.17) is 0 Å². The molecule has 1 aromatic rings. The third-order valence-electron chi connectivity index (χ3n) is 3.63. The fourth-order valence-corrected chi connectivity index (χ4v) is 2.38. The molecule has 1 fully saturated rings. The van der Waals surface area contributed by atoms with Crippen LogP contribution in [0.1, 0.15) is 22.8 Å². The van der Waals surface area contributed by atoms with Crippen LogP contribution in [0, 0.1) is 6.92 Å². The van der Waals surface area contributed by atoms with E-state index in [0.29, 0.717) is 0 Å². The molecule has 0 aromatic heterocycles. The summed E-state index contributed by atoms with van der Waals surface area (Å²) in [5.74, 6) is 0.152. The molecule has 1 aliphatic rings. The first kappa shape index (κ1) is 13.9. The normalized spacial score (nSPS) is 16.5. The van der Waals surface area contributed by atoms with E-state index < -0.39 is 0 Å². The Hall–Kier alpha value is -1.55. The summed E-state index contributed by atoms with van der Waals surface area (Å²) in [6.45, 7) is 8.57. The Kier molecular flexibility index (Phi) is 4.43. The van der Waals surface area contributed by atoms with E-state index in [2.05, 4.69) is 24.2 Å². The Morgan fingerprint density at radius 2 is 1.95 bits per heavy atom. The molecule has 4 nitrogen and oxygen atoms in total. The van der Waals surface area contributed by atoms with Crippen LogP contribution in [0.15, 0.2) is 18.2 Å². The maximum Gasteiger partial charge on any atom is 0.253 e. The monoisotopic (exact) mass is 261 g/mol. The predicted molar refractivity (Wildman–Crippen MR) is 78.7 cm³/mol. The van der Waals surface area contributed by atoms with Crippen LogP contribution >= 0.6 is 0 Å². The largest absolute Gasteiger partial charge is 0.385 e. The van der Waals surface area contributed by atoms with E-state index >= 15 is 0 Å². The summed E-state index contributed by atoms with van der Waals surface area (Å²) < 4.78 is 0. The summed E-state index contributed by atoms with van der Waals surface area (Å²) >= 11 is 0. The average molecular weight is 261 g/mol. The minimum Gasteiger partial charge on any atom is -0.385 e. The molecule has 1 saturated heterocycles. The standard InChI is InChI=1S/C15H23N3O/c1-4-16-14-6-5-13(11-12(14)2)15(19)18-9-7-17(3)8-10-18/h5-6,11,16H,4,7-10H2,1-3H3. The Balaban J connectivity index is 2.09. The number of hydrogen-bond donors (Lipinski definition) is 1. The van der Waals surface area contributed by atoms with Crippen LogP contribution in [0.25, 0.3) is 0 Å². The van der Waals surface area contributed by atoms with Gasteiger partial charge in [-0.1, -0.05) is 0 Å². The first-order valence-electron chi connectivity index (χ1n) is 6.94. The number of likely N-dealkylation sites (N-methyl/N-ethyl adjacent to an activating group) is 1. The third-order valence-corrected chi connectivity index (χ3v) is 3.63. The van der Waals surface area contributed by atoms with Crippen LogP contribution in [-0.4, -0.2) is 55.5 Å². The lowest BCUT2D eigenvalue weighted by Crippen LogP contribution is -2.47. The van der Waals surface area contributed by atoms with Gasteiger partial charge >= 0.3 is 0 Å². The van der Waals surface area contributed by atoms with Crippen LogP contribution in [0.3, 0.4) is 0 Å². The van der Waals surface area contributed by atoms with Crippen molar-refractivity contribution in [3.05, 3.63) is 29.3 Å². The highest BCUT2D eigenvalue weighted by atomic mass is 16.2. The van der Waals surface area contributed by atoms with E-state index in [1.54, 1.807) is 0 Å². The second-order valence-electron chi connectivity index (χ2n) is 5.16. The van der Waals surface area contributed by atoms with Crippen molar-refractivity contribution >= 4 is 11.6 Å². The van der Waals surface area contributed by atoms with Crippen molar-refractivity contribution in [3.63, 3.8) is 0 Å². The highest BCUT2D eigenvalue weighted by Gasteiger charge is 2.20. The molecule has 1 N–H and O–H groups in total. The highest BCUT2D eigenvalue weighted by Crippen LogP contribution is 2.18. The van der Waals surface area contributed by atoms with Crippen molar-refractivity contribution in [2.75, 3.05) is 45.1 Å². The van der Waals surface area contributed by atoms with E-state index in [1.807, 2.05) is 30.0 Å². The van der Waals surface area contributed by atoms with Gasteiger partial charge in [0.2, 0.25) is 0 Å². The second kappa shape index (κ2) is 6.06. The van der Waals surface area contributed by atoms with Gasteiger partial charge in [-0.2, -0.15) is 0 Å². The fourth-order valence-electron chi connectivity index (χ4n) is 2.38. The number of piperazine rings is 1. The number of carbonyl (C=O) groups is 1. The number of nitrogens with zero attached hydrogens (tertiary/aromatic N) is 2. The molecule has 0 bridgehead atoms. The maximum absolute atomic E-state index is 12.4. The lowest BCUT2D eigenvalue weighted by atomic mass is 10.1. The minimum absolute atomic E-state index is 0.152. The van der Waals surface area contributed by atoms with Crippen molar-refractivity contribution < 1.29 is 4.79 Å². The van der Waals surface area contributed by atoms with Gasteiger partial charge in [-0.25, -0.2) is 0 Å². The number of hydrogen-bond acceptors (Lipinski definition) is 3. The van der Waals surface area contributed by atoms with Gasteiger partial charge in [0.1, 0.15) is 0 Å². The summed E-state index contributed by atoms with van der Waals surface area (Å²) in [6.07, 6.45) is 0. The smallest absolute Gasteiger partial charge is 0.253 e. The van der Waals surface area contributed by atoms with Crippen LogP contribution < -0.4 is 5.32 Å². The number of benzene rings is 1. The number of aryl methyl sites for hydroxylation is 1. The van der Waals surface area contributed by atoms with Gasteiger partial charge in [-0.15, -0.1) is 0 Å². The van der Waals surface area contributed by atoms with Gasteiger partial charge in [0.05, 0.1) is 0 Å². The molecule has 1 aliphatic heterocycles. The van der Waals surface area contributed by atoms with Crippen molar-refractivity contribution in [3.8, 4) is 0 Å². The average Bonchev–Trinajstić information content (AvgIpc) is 2.41. The second-order valence-corrected chi connectivity index (χ2v) is 5.16. The van der Waals surface area contributed by atoms with Gasteiger partial charge in [-0.3, -0.25) is 4.79 Å². The zero-order chi connectivity index (χ0) is 13.8. The summed E-state index contributed by atoms with van der Waals surface area (Å²) in [7, 11) is 2.09. The lowest BCUT2D eigenvalue weighted by Gasteiger charge is -2.32. The topological polar surface area (TPSA) is 35.6 Å². The molecule has 1 amide bonds. The minimum atomic E-state index is 0.152. The van der Waals surface area contributed by atoms with Crippen LogP contribution in [-0.2, 0) is 0 Å². The zero-order valence-electron chi connectivity index (χ0n) is 12.1. The molecule has 1 aromatic carbocycles. The summed E-state index contributed by atoms with van der Waals surface area (Å²) in [5.41, 5.74) is 3.03. The number of rotatable bonds is 3. The van der Waals surface area contributed by atoms with Crippen LogP contribution in [0.2, 0.25) is 0 Å². The van der Waals surface area contributed by atoms with Gasteiger partial charge in [0.15, 0.2) is 0 Å². The molecule has 0 radical (unpaired) electrons. The SMILES string of the molecule is CCNc1ccc(C(=O)N2CCN(C)CC2)cc1C. The Morgan fingerprint density at radius 3 is 2.53 bits per heavy atom. The summed E-state index contributed by atoms with van der Waals surface area (Å²) in [6, 6.07) is 5.91. The number of carbonyl (C=O) groups excluding carboxylic acids is 1. The Bertz CT molecular complexity index is 451.